The summed E-state index contributed by atoms with van der Waals surface area (Å²) in [6.07, 6.45) is 4.60. The maximum absolute atomic E-state index is 11.9. The van der Waals surface area contributed by atoms with Crippen LogP contribution in [0.5, 0.6) is 0 Å². The number of nitrogens with one attached hydrogen (secondary N) is 2. The predicted molar refractivity (Wildman–Crippen MR) is 69.7 cm³/mol. The Morgan fingerprint density at radius 3 is 3.37 bits per heavy atom. The second-order valence-corrected chi connectivity index (χ2v) is 5.40. The number of hydrogen-bond donors (Lipinski definition) is 2. The molecule has 0 radical (unpaired) electrons. The lowest BCUT2D eigenvalue weighted by atomic mass is 9.85. The van der Waals surface area contributed by atoms with Gasteiger partial charge in [-0.15, -0.1) is 0 Å². The first-order chi connectivity index (χ1) is 9.24. The smallest absolute Gasteiger partial charge is 0.254 e. The van der Waals surface area contributed by atoms with Crippen LogP contribution in [0.15, 0.2) is 12.4 Å². The van der Waals surface area contributed by atoms with E-state index in [4.69, 9.17) is 4.74 Å². The summed E-state index contributed by atoms with van der Waals surface area (Å²) in [6.45, 7) is 3.50. The second kappa shape index (κ2) is 5.30. The van der Waals surface area contributed by atoms with Crippen LogP contribution >= 0.6 is 0 Å². The molecule has 0 aromatic carbocycles. The van der Waals surface area contributed by atoms with Gasteiger partial charge in [0.2, 0.25) is 0 Å². The molecule has 1 aromatic rings. The van der Waals surface area contributed by atoms with E-state index in [0.29, 0.717) is 23.9 Å². The first-order valence-corrected chi connectivity index (χ1v) is 6.83. The van der Waals surface area contributed by atoms with E-state index < -0.39 is 0 Å². The van der Waals surface area contributed by atoms with Crippen molar-refractivity contribution in [2.45, 2.75) is 12.5 Å². The molecule has 2 fully saturated rings. The fourth-order valence-corrected chi connectivity index (χ4v) is 3.03. The summed E-state index contributed by atoms with van der Waals surface area (Å²) in [5.74, 6) is 1.11. The number of aromatic nitrogens is 2. The molecule has 0 aliphatic carbocycles. The van der Waals surface area contributed by atoms with Crippen molar-refractivity contribution < 1.29 is 9.53 Å². The molecule has 19 heavy (non-hydrogen) atoms. The lowest BCUT2D eigenvalue weighted by Gasteiger charge is -2.27. The number of carbonyl (C=O) groups is 1. The van der Waals surface area contributed by atoms with Gasteiger partial charge < -0.3 is 15.4 Å². The molecule has 0 bridgehead atoms. The van der Waals surface area contributed by atoms with E-state index in [2.05, 4.69) is 15.7 Å². The van der Waals surface area contributed by atoms with Gasteiger partial charge in [0, 0.05) is 32.3 Å². The van der Waals surface area contributed by atoms with Crippen molar-refractivity contribution in [3.8, 4) is 0 Å². The highest BCUT2D eigenvalue weighted by Gasteiger charge is 2.38. The summed E-state index contributed by atoms with van der Waals surface area (Å²) in [4.78, 5) is 11.9. The molecular formula is C13H20N4O2. The third kappa shape index (κ3) is 2.64. The quantitative estimate of drug-likeness (QED) is 0.791. The van der Waals surface area contributed by atoms with E-state index in [1.807, 2.05) is 0 Å². The Kier molecular flexibility index (Phi) is 3.52. The Bertz CT molecular complexity index is 459. The number of piperidine rings is 1. The molecule has 104 valence electrons. The molecule has 3 atom stereocenters. The number of hydrogen-bond acceptors (Lipinski definition) is 4. The number of nitrogens with zero attached hydrogens (tertiary/aromatic N) is 2. The molecule has 3 rings (SSSR count). The third-order valence-corrected chi connectivity index (χ3v) is 4.10. The molecule has 0 spiro atoms. The second-order valence-electron chi connectivity index (χ2n) is 5.40. The van der Waals surface area contributed by atoms with E-state index in [1.54, 1.807) is 24.1 Å². The van der Waals surface area contributed by atoms with Crippen LogP contribution in [-0.2, 0) is 11.8 Å². The van der Waals surface area contributed by atoms with Crippen molar-refractivity contribution in [1.29, 1.82) is 0 Å². The van der Waals surface area contributed by atoms with Crippen molar-refractivity contribution in [1.82, 2.24) is 20.4 Å². The van der Waals surface area contributed by atoms with E-state index in [1.165, 1.54) is 0 Å². The molecule has 2 N–H and O–H groups in total. The van der Waals surface area contributed by atoms with Gasteiger partial charge in [0.15, 0.2) is 0 Å². The fourth-order valence-electron chi connectivity index (χ4n) is 3.03. The first kappa shape index (κ1) is 12.6. The van der Waals surface area contributed by atoms with Crippen molar-refractivity contribution in [2.24, 2.45) is 18.9 Å². The maximum atomic E-state index is 11.9. The van der Waals surface area contributed by atoms with Crippen molar-refractivity contribution >= 4 is 5.91 Å². The first-order valence-electron chi connectivity index (χ1n) is 6.83. The molecule has 3 heterocycles. The minimum absolute atomic E-state index is 0.0749. The largest absolute Gasteiger partial charge is 0.376 e. The highest BCUT2D eigenvalue weighted by Crippen LogP contribution is 2.31. The standard InChI is InChI=1S/C13H20N4O2/c1-17-7-9(5-16-17)13(18)15-6-12-11-2-3-14-4-10(11)8-19-12/h5,7,10-12,14H,2-4,6,8H2,1H3,(H,15,18)/t10-,11-,12+/m0/s1. The van der Waals surface area contributed by atoms with Gasteiger partial charge in [-0.3, -0.25) is 9.48 Å². The van der Waals surface area contributed by atoms with Crippen molar-refractivity contribution in [3.05, 3.63) is 18.0 Å². The highest BCUT2D eigenvalue weighted by molar-refractivity contribution is 5.93. The zero-order valence-electron chi connectivity index (χ0n) is 11.1. The monoisotopic (exact) mass is 264 g/mol. The highest BCUT2D eigenvalue weighted by atomic mass is 16.5. The van der Waals surface area contributed by atoms with Gasteiger partial charge in [0.25, 0.3) is 5.91 Å². The van der Waals surface area contributed by atoms with Crippen LogP contribution in [0.25, 0.3) is 0 Å². The minimum atomic E-state index is -0.0749. The van der Waals surface area contributed by atoms with Crippen LogP contribution in [0.3, 0.4) is 0 Å². The van der Waals surface area contributed by atoms with Gasteiger partial charge in [-0.25, -0.2) is 0 Å². The van der Waals surface area contributed by atoms with Crippen LogP contribution in [0.4, 0.5) is 0 Å². The van der Waals surface area contributed by atoms with E-state index in [0.717, 1.165) is 26.1 Å². The number of fused-ring (bicyclic) bond motifs is 1. The SMILES string of the molecule is Cn1cc(C(=O)NC[C@H]2OC[C@@H]3CNCC[C@@H]32)cn1. The maximum Gasteiger partial charge on any atom is 0.254 e. The van der Waals surface area contributed by atoms with Crippen molar-refractivity contribution in [2.75, 3.05) is 26.2 Å². The van der Waals surface area contributed by atoms with Gasteiger partial charge in [-0.2, -0.15) is 5.10 Å². The number of aryl methyl sites for hydroxylation is 1. The van der Waals surface area contributed by atoms with Gasteiger partial charge in [-0.05, 0) is 18.9 Å². The summed E-state index contributed by atoms with van der Waals surface area (Å²) < 4.78 is 7.44. The average Bonchev–Trinajstić information content (AvgIpc) is 3.02. The fraction of sp³-hybridized carbons (Fsp3) is 0.692. The topological polar surface area (TPSA) is 68.2 Å². The lowest BCUT2D eigenvalue weighted by molar-refractivity contribution is 0.0767. The Morgan fingerprint density at radius 2 is 2.58 bits per heavy atom. The summed E-state index contributed by atoms with van der Waals surface area (Å²) in [5.41, 5.74) is 0.599. The lowest BCUT2D eigenvalue weighted by Crippen LogP contribution is -2.41. The third-order valence-electron chi connectivity index (χ3n) is 4.10. The Labute approximate surface area is 112 Å². The molecular weight excluding hydrogens is 244 g/mol. The number of amides is 1. The minimum Gasteiger partial charge on any atom is -0.376 e. The van der Waals surface area contributed by atoms with E-state index in [9.17, 15) is 4.79 Å². The zero-order chi connectivity index (χ0) is 13.2. The van der Waals surface area contributed by atoms with E-state index in [-0.39, 0.29) is 12.0 Å². The number of rotatable bonds is 3. The Hall–Kier alpha value is -1.40. The predicted octanol–water partition coefficient (Wildman–Crippen LogP) is -0.226. The molecule has 2 aliphatic rings. The molecule has 1 amide bonds. The van der Waals surface area contributed by atoms with Gasteiger partial charge in [0.1, 0.15) is 0 Å². The molecule has 0 saturated carbocycles. The number of carbonyl (C=O) groups excluding carboxylic acids is 1. The molecule has 0 unspecified atom stereocenters. The summed E-state index contributed by atoms with van der Waals surface area (Å²) in [5, 5.41) is 10.3. The molecule has 2 aliphatic heterocycles. The van der Waals surface area contributed by atoms with Crippen LogP contribution in [0, 0.1) is 11.8 Å². The van der Waals surface area contributed by atoms with Crippen LogP contribution < -0.4 is 10.6 Å². The molecule has 1 aromatic heterocycles. The summed E-state index contributed by atoms with van der Waals surface area (Å²) in [6, 6.07) is 0. The summed E-state index contributed by atoms with van der Waals surface area (Å²) in [7, 11) is 1.80. The zero-order valence-corrected chi connectivity index (χ0v) is 11.1. The molecule has 6 heteroatoms. The van der Waals surface area contributed by atoms with Crippen LogP contribution in [0.2, 0.25) is 0 Å². The van der Waals surface area contributed by atoms with Gasteiger partial charge >= 0.3 is 0 Å². The number of ether oxygens (including phenoxy) is 1. The average molecular weight is 264 g/mol. The summed E-state index contributed by atoms with van der Waals surface area (Å²) >= 11 is 0. The molecule has 2 saturated heterocycles. The normalized spacial score (nSPS) is 30.1. The van der Waals surface area contributed by atoms with Gasteiger partial charge in [-0.1, -0.05) is 0 Å². The van der Waals surface area contributed by atoms with Gasteiger partial charge in [0.05, 0.1) is 24.5 Å². The Balaban J connectivity index is 1.53. The van der Waals surface area contributed by atoms with Crippen LogP contribution in [-0.4, -0.2) is 48.0 Å². The van der Waals surface area contributed by atoms with Crippen molar-refractivity contribution in [3.63, 3.8) is 0 Å². The Morgan fingerprint density at radius 1 is 1.68 bits per heavy atom. The van der Waals surface area contributed by atoms with Crippen LogP contribution in [0.1, 0.15) is 16.8 Å². The van der Waals surface area contributed by atoms with E-state index >= 15 is 0 Å². The molecule has 6 nitrogen and oxygen atoms in total.